The van der Waals surface area contributed by atoms with Crippen LogP contribution in [-0.2, 0) is 9.59 Å². The Bertz CT molecular complexity index is 835. The van der Waals surface area contributed by atoms with Gasteiger partial charge in [0.15, 0.2) is 0 Å². The van der Waals surface area contributed by atoms with Crippen LogP contribution in [0.2, 0.25) is 0 Å². The van der Waals surface area contributed by atoms with Crippen LogP contribution in [0, 0.1) is 0 Å². The third-order valence-electron chi connectivity index (χ3n) is 3.75. The van der Waals surface area contributed by atoms with Crippen LogP contribution in [0.15, 0.2) is 48.5 Å². The van der Waals surface area contributed by atoms with E-state index in [2.05, 4.69) is 10.6 Å². The van der Waals surface area contributed by atoms with Crippen LogP contribution in [0.4, 0.5) is 5.69 Å². The molecule has 0 saturated carbocycles. The van der Waals surface area contributed by atoms with Crippen molar-refractivity contribution in [3.63, 3.8) is 0 Å². The standard InChI is InChI=1S/C20H22N2O5/c1-3-27-18-10-5-4-9-16(18)17(21-13(2)23)12-19(24)22-15-8-6-7-14(11-15)20(25)26/h4-11,17H,3,12H2,1-2H3,(H,21,23)(H,22,24)(H,25,26). The zero-order chi connectivity index (χ0) is 19.8. The number of hydrogen-bond donors (Lipinski definition) is 3. The number of para-hydroxylation sites is 1. The molecule has 2 aromatic carbocycles. The first kappa shape index (κ1) is 20.0. The van der Waals surface area contributed by atoms with Gasteiger partial charge in [0.25, 0.3) is 0 Å². The summed E-state index contributed by atoms with van der Waals surface area (Å²) in [5.41, 5.74) is 1.15. The molecule has 0 radical (unpaired) electrons. The van der Waals surface area contributed by atoms with Crippen molar-refractivity contribution in [2.24, 2.45) is 0 Å². The minimum Gasteiger partial charge on any atom is -0.494 e. The molecule has 0 aliphatic heterocycles. The summed E-state index contributed by atoms with van der Waals surface area (Å²) in [5, 5.41) is 14.5. The van der Waals surface area contributed by atoms with Gasteiger partial charge in [-0.25, -0.2) is 4.79 Å². The average molecular weight is 370 g/mol. The van der Waals surface area contributed by atoms with Crippen molar-refractivity contribution in [1.82, 2.24) is 5.32 Å². The van der Waals surface area contributed by atoms with Gasteiger partial charge >= 0.3 is 5.97 Å². The zero-order valence-corrected chi connectivity index (χ0v) is 15.2. The monoisotopic (exact) mass is 370 g/mol. The van der Waals surface area contributed by atoms with Gasteiger partial charge in [-0.2, -0.15) is 0 Å². The fraction of sp³-hybridized carbons (Fsp3) is 0.250. The summed E-state index contributed by atoms with van der Waals surface area (Å²) in [6.45, 7) is 3.69. The molecule has 7 heteroatoms. The van der Waals surface area contributed by atoms with Crippen LogP contribution in [0.25, 0.3) is 0 Å². The van der Waals surface area contributed by atoms with Crippen molar-refractivity contribution in [3.05, 3.63) is 59.7 Å². The second-order valence-corrected chi connectivity index (χ2v) is 5.86. The van der Waals surface area contributed by atoms with Crippen LogP contribution in [0.5, 0.6) is 5.75 Å². The smallest absolute Gasteiger partial charge is 0.335 e. The van der Waals surface area contributed by atoms with Crippen molar-refractivity contribution >= 4 is 23.5 Å². The lowest BCUT2D eigenvalue weighted by Gasteiger charge is -2.21. The lowest BCUT2D eigenvalue weighted by molar-refractivity contribution is -0.120. The summed E-state index contributed by atoms with van der Waals surface area (Å²) in [6, 6.07) is 12.6. The third kappa shape index (κ3) is 5.85. The Hall–Kier alpha value is -3.35. The van der Waals surface area contributed by atoms with E-state index in [-0.39, 0.29) is 23.8 Å². The molecular weight excluding hydrogens is 348 g/mol. The number of ether oxygens (including phenoxy) is 1. The fourth-order valence-corrected chi connectivity index (χ4v) is 2.67. The quantitative estimate of drug-likeness (QED) is 0.663. The second kappa shape index (κ2) is 9.38. The highest BCUT2D eigenvalue weighted by Gasteiger charge is 2.21. The molecule has 27 heavy (non-hydrogen) atoms. The molecule has 0 aliphatic rings. The SMILES string of the molecule is CCOc1ccccc1C(CC(=O)Nc1cccc(C(=O)O)c1)NC(C)=O. The summed E-state index contributed by atoms with van der Waals surface area (Å²) in [4.78, 5) is 35.1. The Morgan fingerprint density at radius 3 is 2.52 bits per heavy atom. The van der Waals surface area contributed by atoms with E-state index in [1.807, 2.05) is 13.0 Å². The summed E-state index contributed by atoms with van der Waals surface area (Å²) in [6.07, 6.45) is -0.0268. The number of nitrogens with one attached hydrogen (secondary N) is 2. The van der Waals surface area contributed by atoms with E-state index in [9.17, 15) is 14.4 Å². The van der Waals surface area contributed by atoms with Gasteiger partial charge in [-0.05, 0) is 31.2 Å². The first-order valence-corrected chi connectivity index (χ1v) is 8.52. The first-order chi connectivity index (χ1) is 12.9. The van der Waals surface area contributed by atoms with Gasteiger partial charge in [0, 0.05) is 18.2 Å². The fourth-order valence-electron chi connectivity index (χ4n) is 2.67. The van der Waals surface area contributed by atoms with Crippen LogP contribution in [0.3, 0.4) is 0 Å². The van der Waals surface area contributed by atoms with Crippen LogP contribution < -0.4 is 15.4 Å². The predicted octanol–water partition coefficient (Wildman–Crippen LogP) is 2.99. The van der Waals surface area contributed by atoms with E-state index < -0.39 is 12.0 Å². The number of anilines is 1. The number of carbonyl (C=O) groups excluding carboxylic acids is 2. The Balaban J connectivity index is 2.19. The minimum absolute atomic E-state index is 0.0268. The highest BCUT2D eigenvalue weighted by Crippen LogP contribution is 2.28. The Kier molecular flexibility index (Phi) is 6.93. The van der Waals surface area contributed by atoms with Crippen molar-refractivity contribution in [2.45, 2.75) is 26.3 Å². The predicted molar refractivity (Wildman–Crippen MR) is 101 cm³/mol. The van der Waals surface area contributed by atoms with E-state index in [0.717, 1.165) is 0 Å². The van der Waals surface area contributed by atoms with Crippen molar-refractivity contribution < 1.29 is 24.2 Å². The Morgan fingerprint density at radius 1 is 1.11 bits per heavy atom. The first-order valence-electron chi connectivity index (χ1n) is 8.52. The number of carboxylic acids is 1. The molecule has 142 valence electrons. The topological polar surface area (TPSA) is 105 Å². The second-order valence-electron chi connectivity index (χ2n) is 5.86. The molecule has 1 unspecified atom stereocenters. The number of carbonyl (C=O) groups is 3. The van der Waals surface area contributed by atoms with Crippen molar-refractivity contribution in [3.8, 4) is 5.75 Å². The van der Waals surface area contributed by atoms with Gasteiger partial charge < -0.3 is 20.5 Å². The van der Waals surface area contributed by atoms with E-state index in [1.165, 1.54) is 19.1 Å². The molecule has 2 amide bonds. The summed E-state index contributed by atoms with van der Waals surface area (Å²) >= 11 is 0. The molecular formula is C20H22N2O5. The maximum Gasteiger partial charge on any atom is 0.335 e. The minimum atomic E-state index is -1.08. The average Bonchev–Trinajstić information content (AvgIpc) is 2.61. The summed E-state index contributed by atoms with van der Waals surface area (Å²) in [5.74, 6) is -1.11. The van der Waals surface area contributed by atoms with Gasteiger partial charge in [0.1, 0.15) is 5.75 Å². The number of amides is 2. The molecule has 0 spiro atoms. The molecule has 0 aromatic heterocycles. The molecule has 3 N–H and O–H groups in total. The van der Waals surface area contributed by atoms with Crippen LogP contribution in [-0.4, -0.2) is 29.5 Å². The highest BCUT2D eigenvalue weighted by atomic mass is 16.5. The van der Waals surface area contributed by atoms with Crippen LogP contribution >= 0.6 is 0 Å². The normalized spacial score (nSPS) is 11.3. The number of rotatable bonds is 8. The molecule has 2 aromatic rings. The van der Waals surface area contributed by atoms with Gasteiger partial charge in [-0.1, -0.05) is 24.3 Å². The van der Waals surface area contributed by atoms with E-state index >= 15 is 0 Å². The van der Waals surface area contributed by atoms with E-state index in [0.29, 0.717) is 23.6 Å². The Morgan fingerprint density at radius 2 is 1.85 bits per heavy atom. The number of hydrogen-bond acceptors (Lipinski definition) is 4. The molecule has 0 fully saturated rings. The lowest BCUT2D eigenvalue weighted by Crippen LogP contribution is -2.30. The number of carboxylic acid groups (broad SMARTS) is 1. The van der Waals surface area contributed by atoms with Crippen LogP contribution in [0.1, 0.15) is 42.2 Å². The van der Waals surface area contributed by atoms with Gasteiger partial charge in [-0.15, -0.1) is 0 Å². The van der Waals surface area contributed by atoms with E-state index in [1.54, 1.807) is 30.3 Å². The Labute approximate surface area is 157 Å². The molecule has 0 saturated heterocycles. The van der Waals surface area contributed by atoms with Gasteiger partial charge in [0.2, 0.25) is 11.8 Å². The molecule has 0 aliphatic carbocycles. The summed E-state index contributed by atoms with van der Waals surface area (Å²) < 4.78 is 5.59. The van der Waals surface area contributed by atoms with Crippen molar-refractivity contribution in [2.75, 3.05) is 11.9 Å². The third-order valence-corrected chi connectivity index (χ3v) is 3.75. The molecule has 2 rings (SSSR count). The largest absolute Gasteiger partial charge is 0.494 e. The van der Waals surface area contributed by atoms with Gasteiger partial charge in [-0.3, -0.25) is 9.59 Å². The molecule has 0 heterocycles. The maximum absolute atomic E-state index is 12.5. The molecule has 7 nitrogen and oxygen atoms in total. The van der Waals surface area contributed by atoms with E-state index in [4.69, 9.17) is 9.84 Å². The molecule has 0 bridgehead atoms. The molecule has 1 atom stereocenters. The highest BCUT2D eigenvalue weighted by molar-refractivity contribution is 5.94. The van der Waals surface area contributed by atoms with Crippen molar-refractivity contribution in [1.29, 1.82) is 0 Å². The van der Waals surface area contributed by atoms with Gasteiger partial charge in [0.05, 0.1) is 24.6 Å². The maximum atomic E-state index is 12.5. The lowest BCUT2D eigenvalue weighted by atomic mass is 10.0. The summed E-state index contributed by atoms with van der Waals surface area (Å²) in [7, 11) is 0. The zero-order valence-electron chi connectivity index (χ0n) is 15.2. The number of aromatic carboxylic acids is 1. The number of benzene rings is 2.